The highest BCUT2D eigenvalue weighted by Crippen LogP contribution is 2.26. The first-order valence-corrected chi connectivity index (χ1v) is 10.5. The van der Waals surface area contributed by atoms with Crippen molar-refractivity contribution in [2.24, 2.45) is 7.05 Å². The first kappa shape index (κ1) is 18.8. The summed E-state index contributed by atoms with van der Waals surface area (Å²) in [4.78, 5) is 1.31. The van der Waals surface area contributed by atoms with Crippen LogP contribution < -0.4 is 4.72 Å². The van der Waals surface area contributed by atoms with Crippen molar-refractivity contribution in [2.45, 2.75) is 24.8 Å². The molecule has 6 nitrogen and oxygen atoms in total. The van der Waals surface area contributed by atoms with Gasteiger partial charge in [-0.15, -0.1) is 11.3 Å². The Balaban J connectivity index is 1.71. The minimum Gasteiger partial charge on any atom is -0.387 e. The van der Waals surface area contributed by atoms with E-state index in [4.69, 9.17) is 0 Å². The lowest BCUT2D eigenvalue weighted by atomic mass is 10.1. The molecule has 138 valence electrons. The summed E-state index contributed by atoms with van der Waals surface area (Å²) in [7, 11) is -2.04. The van der Waals surface area contributed by atoms with E-state index in [1.807, 2.05) is 41.8 Å². The number of rotatable bonds is 6. The number of aliphatic hydroxyl groups excluding tert-OH is 1. The monoisotopic (exact) mass is 391 g/mol. The molecule has 0 amide bonds. The number of hydrogen-bond acceptors (Lipinski definition) is 5. The van der Waals surface area contributed by atoms with Crippen LogP contribution in [0.5, 0.6) is 0 Å². The van der Waals surface area contributed by atoms with Crippen molar-refractivity contribution >= 4 is 21.4 Å². The second-order valence-electron chi connectivity index (χ2n) is 6.09. The molecule has 0 saturated carbocycles. The third-order valence-electron chi connectivity index (χ3n) is 4.28. The van der Waals surface area contributed by atoms with Crippen molar-refractivity contribution in [1.29, 1.82) is 0 Å². The third kappa shape index (κ3) is 3.73. The third-order valence-corrected chi connectivity index (χ3v) is 6.87. The molecule has 2 N–H and O–H groups in total. The highest BCUT2D eigenvalue weighted by atomic mass is 32.2. The summed E-state index contributed by atoms with van der Waals surface area (Å²) in [5, 5.41) is 16.5. The van der Waals surface area contributed by atoms with Crippen LogP contribution in [0.2, 0.25) is 0 Å². The summed E-state index contributed by atoms with van der Waals surface area (Å²) in [5.74, 6) is 0. The predicted molar refractivity (Wildman–Crippen MR) is 103 cm³/mol. The number of sulfonamides is 1. The molecule has 26 heavy (non-hydrogen) atoms. The van der Waals surface area contributed by atoms with Gasteiger partial charge in [-0.05, 0) is 36.4 Å². The van der Waals surface area contributed by atoms with Crippen LogP contribution in [0.4, 0.5) is 0 Å². The molecule has 3 rings (SSSR count). The van der Waals surface area contributed by atoms with Crippen molar-refractivity contribution < 1.29 is 13.5 Å². The Hall–Kier alpha value is -2.00. The van der Waals surface area contributed by atoms with Gasteiger partial charge in [-0.2, -0.15) is 5.10 Å². The SMILES string of the molecule is Cc1nn(C)c(C)c1S(=O)(=O)NCC(O)c1ccc(-c2cccs2)cc1. The molecule has 1 atom stereocenters. The average molecular weight is 392 g/mol. The lowest BCUT2D eigenvalue weighted by Gasteiger charge is -2.13. The van der Waals surface area contributed by atoms with Gasteiger partial charge in [-0.1, -0.05) is 30.3 Å². The zero-order valence-electron chi connectivity index (χ0n) is 14.8. The summed E-state index contributed by atoms with van der Waals surface area (Å²) in [6, 6.07) is 11.5. The summed E-state index contributed by atoms with van der Waals surface area (Å²) in [6.45, 7) is 3.25. The van der Waals surface area contributed by atoms with Gasteiger partial charge in [0.2, 0.25) is 10.0 Å². The Morgan fingerprint density at radius 3 is 2.46 bits per heavy atom. The lowest BCUT2D eigenvalue weighted by Crippen LogP contribution is -2.29. The fourth-order valence-corrected chi connectivity index (χ4v) is 5.04. The van der Waals surface area contributed by atoms with Crippen molar-refractivity contribution in [2.75, 3.05) is 6.54 Å². The van der Waals surface area contributed by atoms with Crippen molar-refractivity contribution in [3.63, 3.8) is 0 Å². The number of benzene rings is 1. The van der Waals surface area contributed by atoms with Crippen LogP contribution >= 0.6 is 11.3 Å². The molecule has 1 aromatic carbocycles. The molecule has 0 spiro atoms. The molecule has 0 aliphatic carbocycles. The number of nitrogens with one attached hydrogen (secondary N) is 1. The van der Waals surface area contributed by atoms with Crippen LogP contribution in [0.25, 0.3) is 10.4 Å². The van der Waals surface area contributed by atoms with E-state index in [9.17, 15) is 13.5 Å². The fraction of sp³-hybridized carbons (Fsp3) is 0.278. The van der Waals surface area contributed by atoms with Gasteiger partial charge in [-0.3, -0.25) is 4.68 Å². The van der Waals surface area contributed by atoms with Crippen molar-refractivity contribution in [3.8, 4) is 10.4 Å². The molecule has 0 saturated heterocycles. The molecule has 3 aromatic rings. The lowest BCUT2D eigenvalue weighted by molar-refractivity contribution is 0.182. The van der Waals surface area contributed by atoms with Crippen LogP contribution in [0, 0.1) is 13.8 Å². The number of aryl methyl sites for hydroxylation is 2. The molecule has 2 heterocycles. The number of hydrogen-bond donors (Lipinski definition) is 2. The summed E-state index contributed by atoms with van der Waals surface area (Å²) in [6.07, 6.45) is -0.931. The highest BCUT2D eigenvalue weighted by Gasteiger charge is 2.24. The number of thiophene rings is 1. The van der Waals surface area contributed by atoms with Crippen LogP contribution in [-0.2, 0) is 17.1 Å². The quantitative estimate of drug-likeness (QED) is 0.677. The number of nitrogens with zero attached hydrogens (tertiary/aromatic N) is 2. The minimum absolute atomic E-state index is 0.103. The molecule has 0 aliphatic rings. The molecule has 0 bridgehead atoms. The van der Waals surface area contributed by atoms with Gasteiger partial charge < -0.3 is 5.11 Å². The van der Waals surface area contributed by atoms with E-state index >= 15 is 0 Å². The van der Waals surface area contributed by atoms with Crippen LogP contribution in [0.1, 0.15) is 23.1 Å². The summed E-state index contributed by atoms with van der Waals surface area (Å²) >= 11 is 1.64. The number of aromatic nitrogens is 2. The fourth-order valence-electron chi connectivity index (χ4n) is 2.83. The predicted octanol–water partition coefficient (Wildman–Crippen LogP) is 2.78. The maximum atomic E-state index is 12.6. The van der Waals surface area contributed by atoms with Gasteiger partial charge in [0, 0.05) is 18.5 Å². The van der Waals surface area contributed by atoms with E-state index < -0.39 is 16.1 Å². The Morgan fingerprint density at radius 2 is 1.92 bits per heavy atom. The van der Waals surface area contributed by atoms with Crippen LogP contribution in [0.3, 0.4) is 0 Å². The average Bonchev–Trinajstić information content (AvgIpc) is 3.22. The van der Waals surface area contributed by atoms with Gasteiger partial charge in [-0.25, -0.2) is 13.1 Å². The van der Waals surface area contributed by atoms with E-state index in [2.05, 4.69) is 9.82 Å². The molecule has 0 aliphatic heterocycles. The maximum absolute atomic E-state index is 12.6. The number of aliphatic hydroxyl groups is 1. The second-order valence-corrected chi connectivity index (χ2v) is 8.74. The van der Waals surface area contributed by atoms with Crippen molar-refractivity contribution in [1.82, 2.24) is 14.5 Å². The normalized spacial score (nSPS) is 13.1. The molecule has 1 unspecified atom stereocenters. The molecule has 0 fully saturated rings. The minimum atomic E-state index is -3.74. The maximum Gasteiger partial charge on any atom is 0.244 e. The van der Waals surface area contributed by atoms with E-state index in [1.165, 1.54) is 4.68 Å². The standard InChI is InChI=1S/C18H21N3O3S2/c1-12-18(13(2)21(3)20-12)26(23,24)19-11-16(22)14-6-8-15(9-7-14)17-5-4-10-25-17/h4-10,16,19,22H,11H2,1-3H3. The highest BCUT2D eigenvalue weighted by molar-refractivity contribution is 7.89. The zero-order valence-corrected chi connectivity index (χ0v) is 16.4. The van der Waals surface area contributed by atoms with E-state index in [0.717, 1.165) is 10.4 Å². The summed E-state index contributed by atoms with van der Waals surface area (Å²) < 4.78 is 29.1. The van der Waals surface area contributed by atoms with Gasteiger partial charge >= 0.3 is 0 Å². The molecule has 0 radical (unpaired) electrons. The van der Waals surface area contributed by atoms with Gasteiger partial charge in [0.25, 0.3) is 0 Å². The van der Waals surface area contributed by atoms with Gasteiger partial charge in [0.1, 0.15) is 4.90 Å². The molecule has 2 aromatic heterocycles. The van der Waals surface area contributed by atoms with E-state index in [-0.39, 0.29) is 11.4 Å². The van der Waals surface area contributed by atoms with E-state index in [1.54, 1.807) is 32.2 Å². The Bertz CT molecular complexity index is 991. The smallest absolute Gasteiger partial charge is 0.244 e. The van der Waals surface area contributed by atoms with E-state index in [0.29, 0.717) is 17.0 Å². The molecular weight excluding hydrogens is 370 g/mol. The Kier molecular flexibility index (Phi) is 5.29. The Morgan fingerprint density at radius 1 is 1.23 bits per heavy atom. The summed E-state index contributed by atoms with van der Waals surface area (Å²) in [5.41, 5.74) is 2.72. The van der Waals surface area contributed by atoms with Crippen LogP contribution in [-0.4, -0.2) is 29.8 Å². The van der Waals surface area contributed by atoms with Gasteiger partial charge in [0.15, 0.2) is 0 Å². The Labute approximate surface area is 157 Å². The largest absolute Gasteiger partial charge is 0.387 e. The second kappa shape index (κ2) is 7.32. The first-order valence-electron chi connectivity index (χ1n) is 8.11. The van der Waals surface area contributed by atoms with Crippen molar-refractivity contribution in [3.05, 3.63) is 58.7 Å². The molecule has 8 heteroatoms. The zero-order chi connectivity index (χ0) is 18.9. The first-order chi connectivity index (χ1) is 12.3. The topological polar surface area (TPSA) is 84.2 Å². The molecular formula is C18H21N3O3S2. The van der Waals surface area contributed by atoms with Gasteiger partial charge in [0.05, 0.1) is 17.5 Å². The van der Waals surface area contributed by atoms with Crippen LogP contribution in [0.15, 0.2) is 46.7 Å².